The molecule has 1 atom stereocenters. The topological polar surface area (TPSA) is 29.5 Å². The van der Waals surface area contributed by atoms with Gasteiger partial charge in [0.25, 0.3) is 0 Å². The first-order valence-corrected chi connectivity index (χ1v) is 14.0. The summed E-state index contributed by atoms with van der Waals surface area (Å²) in [5.41, 5.74) is 4.47. The Morgan fingerprint density at radius 3 is 1.72 bits per heavy atom. The highest BCUT2D eigenvalue weighted by atomic mass is 16.5. The van der Waals surface area contributed by atoms with Gasteiger partial charge in [-0.25, -0.2) is 0 Å². The molecule has 3 saturated heterocycles. The molecule has 3 aliphatic rings. The van der Waals surface area contributed by atoms with Crippen molar-refractivity contribution < 1.29 is 14.3 Å². The highest BCUT2D eigenvalue weighted by molar-refractivity contribution is 5.64. The Morgan fingerprint density at radius 1 is 0.641 bits per heavy atom. The molecule has 3 fully saturated rings. The van der Waals surface area contributed by atoms with Gasteiger partial charge in [0, 0.05) is 24.7 Å². The Hall–Kier alpha value is -3.24. The smallest absolute Gasteiger partial charge is 0.121 e. The molecule has 3 nitrogen and oxygen atoms in total. The van der Waals surface area contributed by atoms with Gasteiger partial charge in [-0.15, -0.1) is 0 Å². The monoisotopic (exact) mass is 520 g/mol. The zero-order chi connectivity index (χ0) is 25.9. The van der Waals surface area contributed by atoms with Crippen molar-refractivity contribution >= 4 is 0 Å². The number of hydrogen-bond acceptors (Lipinski definition) is 2. The molecule has 4 aromatic rings. The Kier molecular flexibility index (Phi) is 8.04. The van der Waals surface area contributed by atoms with Gasteiger partial charge < -0.3 is 14.3 Å². The molecule has 1 N–H and O–H groups in total. The van der Waals surface area contributed by atoms with Crippen LogP contribution in [0.5, 0.6) is 0 Å². The van der Waals surface area contributed by atoms with Crippen molar-refractivity contribution in [2.75, 3.05) is 32.8 Å². The van der Waals surface area contributed by atoms with Crippen LogP contribution in [0, 0.1) is 5.41 Å². The summed E-state index contributed by atoms with van der Waals surface area (Å²) in [6.07, 6.45) is 3.08. The van der Waals surface area contributed by atoms with Gasteiger partial charge in [0.2, 0.25) is 0 Å². The molecule has 1 unspecified atom stereocenters. The minimum Gasteiger partial charge on any atom is -0.380 e. The molecule has 3 heterocycles. The fraction of sp³-hybridized carbons (Fsp3) is 0.333. The van der Waals surface area contributed by atoms with Crippen molar-refractivity contribution in [3.63, 3.8) is 0 Å². The SMILES string of the molecule is C.OC(c1ccccc1)(c1ccc(-c2ccccc2)cc1)C12CC[N+](CCOCc3ccccc3)(CC1)CC2. The number of rotatable bonds is 9. The molecule has 7 rings (SSSR count). The van der Waals surface area contributed by atoms with E-state index in [0.29, 0.717) is 6.61 Å². The zero-order valence-corrected chi connectivity index (χ0v) is 22.1. The van der Waals surface area contributed by atoms with Gasteiger partial charge in [0.05, 0.1) is 32.8 Å². The first-order valence-electron chi connectivity index (χ1n) is 14.0. The summed E-state index contributed by atoms with van der Waals surface area (Å²) >= 11 is 0. The first-order chi connectivity index (χ1) is 18.6. The quantitative estimate of drug-likeness (QED) is 0.184. The molecule has 3 heteroatoms. The van der Waals surface area contributed by atoms with Crippen molar-refractivity contribution in [1.82, 2.24) is 0 Å². The summed E-state index contributed by atoms with van der Waals surface area (Å²) in [6.45, 7) is 5.82. The third-order valence-corrected chi connectivity index (χ3v) is 9.38. The van der Waals surface area contributed by atoms with E-state index in [1.165, 1.54) is 16.7 Å². The molecule has 0 radical (unpaired) electrons. The summed E-state index contributed by atoms with van der Waals surface area (Å²) in [5.74, 6) is 0. The standard InChI is InChI=1S/C35H38NO2.CH4/c37-35(32-14-8-3-9-15-32,33-18-16-31(17-19-33)30-12-6-2-7-13-30)34-20-23-36(24-21-34,25-22-34)26-27-38-28-29-10-4-1-5-11-29;/h1-19,37H,20-28H2;1H4/q+1;. The fourth-order valence-corrected chi connectivity index (χ4v) is 6.96. The fourth-order valence-electron chi connectivity index (χ4n) is 6.96. The Bertz CT molecular complexity index is 1300. The first kappa shape index (κ1) is 27.3. The lowest BCUT2D eigenvalue weighted by molar-refractivity contribution is -0.946. The second-order valence-corrected chi connectivity index (χ2v) is 11.3. The molecule has 0 aromatic heterocycles. The number of fused-ring (bicyclic) bond motifs is 3. The highest BCUT2D eigenvalue weighted by Crippen LogP contribution is 2.57. The molecule has 3 aliphatic heterocycles. The number of piperidine rings is 3. The van der Waals surface area contributed by atoms with Gasteiger partial charge in [-0.2, -0.15) is 0 Å². The molecule has 0 saturated carbocycles. The van der Waals surface area contributed by atoms with Crippen LogP contribution >= 0.6 is 0 Å². The van der Waals surface area contributed by atoms with Gasteiger partial charge in [-0.1, -0.05) is 123 Å². The average molecular weight is 521 g/mol. The average Bonchev–Trinajstić information content (AvgIpc) is 3.01. The van der Waals surface area contributed by atoms with E-state index in [4.69, 9.17) is 4.74 Å². The molecule has 202 valence electrons. The van der Waals surface area contributed by atoms with Crippen LogP contribution in [0.3, 0.4) is 0 Å². The van der Waals surface area contributed by atoms with E-state index in [1.807, 2.05) is 18.2 Å². The molecule has 0 spiro atoms. The summed E-state index contributed by atoms with van der Waals surface area (Å²) in [5, 5.41) is 12.8. The van der Waals surface area contributed by atoms with Gasteiger partial charge in [-0.3, -0.25) is 0 Å². The van der Waals surface area contributed by atoms with Gasteiger partial charge in [0.15, 0.2) is 0 Å². The van der Waals surface area contributed by atoms with E-state index < -0.39 is 5.60 Å². The predicted molar refractivity (Wildman–Crippen MR) is 160 cm³/mol. The van der Waals surface area contributed by atoms with Crippen LogP contribution in [-0.4, -0.2) is 42.4 Å². The number of nitrogens with zero attached hydrogens (tertiary/aromatic N) is 1. The third-order valence-electron chi connectivity index (χ3n) is 9.38. The number of benzene rings is 4. The number of quaternary nitrogens is 1. The summed E-state index contributed by atoms with van der Waals surface area (Å²) in [7, 11) is 0. The molecular formula is C36H42NO2+. The number of hydrogen-bond donors (Lipinski definition) is 1. The summed E-state index contributed by atoms with van der Waals surface area (Å²) in [4.78, 5) is 0. The van der Waals surface area contributed by atoms with Gasteiger partial charge in [0.1, 0.15) is 12.1 Å². The number of aliphatic hydroxyl groups is 1. The number of ether oxygens (including phenoxy) is 1. The van der Waals surface area contributed by atoms with E-state index >= 15 is 0 Å². The van der Waals surface area contributed by atoms with E-state index in [1.54, 1.807) is 0 Å². The molecule has 0 aliphatic carbocycles. The van der Waals surface area contributed by atoms with Crippen LogP contribution in [0.4, 0.5) is 0 Å². The van der Waals surface area contributed by atoms with Crippen molar-refractivity contribution in [3.05, 3.63) is 132 Å². The van der Waals surface area contributed by atoms with Gasteiger partial charge in [-0.05, 0) is 27.8 Å². The minimum absolute atomic E-state index is 0. The van der Waals surface area contributed by atoms with Crippen LogP contribution in [0.2, 0.25) is 0 Å². The largest absolute Gasteiger partial charge is 0.380 e. The van der Waals surface area contributed by atoms with Crippen LogP contribution < -0.4 is 0 Å². The van der Waals surface area contributed by atoms with Crippen molar-refractivity contribution in [2.24, 2.45) is 5.41 Å². The lowest BCUT2D eigenvalue weighted by Gasteiger charge is -2.60. The van der Waals surface area contributed by atoms with Crippen molar-refractivity contribution in [2.45, 2.75) is 38.9 Å². The normalized spacial score (nSPS) is 23.5. The lowest BCUT2D eigenvalue weighted by Crippen LogP contribution is -2.67. The third kappa shape index (κ3) is 5.19. The van der Waals surface area contributed by atoms with Crippen LogP contribution in [0.15, 0.2) is 115 Å². The van der Waals surface area contributed by atoms with E-state index in [-0.39, 0.29) is 12.8 Å². The molecule has 0 amide bonds. The second-order valence-electron chi connectivity index (χ2n) is 11.3. The second kappa shape index (κ2) is 11.5. The van der Waals surface area contributed by atoms with Crippen molar-refractivity contribution in [1.29, 1.82) is 0 Å². The highest BCUT2D eigenvalue weighted by Gasteiger charge is 2.60. The zero-order valence-electron chi connectivity index (χ0n) is 22.1. The summed E-state index contributed by atoms with van der Waals surface area (Å²) < 4.78 is 7.20. The Balaban J connectivity index is 0.00000308. The van der Waals surface area contributed by atoms with Crippen LogP contribution in [0.25, 0.3) is 11.1 Å². The van der Waals surface area contributed by atoms with Crippen molar-refractivity contribution in [3.8, 4) is 11.1 Å². The molecule has 2 bridgehead atoms. The van der Waals surface area contributed by atoms with Crippen LogP contribution in [0.1, 0.15) is 43.4 Å². The maximum atomic E-state index is 12.8. The maximum absolute atomic E-state index is 12.8. The maximum Gasteiger partial charge on any atom is 0.121 e. The minimum atomic E-state index is -1.01. The lowest BCUT2D eigenvalue weighted by atomic mass is 9.56. The van der Waals surface area contributed by atoms with Crippen LogP contribution in [-0.2, 0) is 16.9 Å². The van der Waals surface area contributed by atoms with E-state index in [2.05, 4.69) is 97.1 Å². The Morgan fingerprint density at radius 2 is 1.13 bits per heavy atom. The predicted octanol–water partition coefficient (Wildman–Crippen LogP) is 7.44. The Labute approximate surface area is 234 Å². The van der Waals surface area contributed by atoms with E-state index in [0.717, 1.165) is 67.7 Å². The molecule has 4 aromatic carbocycles. The van der Waals surface area contributed by atoms with Gasteiger partial charge >= 0.3 is 0 Å². The molecular weight excluding hydrogens is 478 g/mol. The molecule has 39 heavy (non-hydrogen) atoms. The summed E-state index contributed by atoms with van der Waals surface area (Å²) in [6, 6.07) is 40.0. The van der Waals surface area contributed by atoms with E-state index in [9.17, 15) is 5.11 Å².